The van der Waals surface area contributed by atoms with Crippen molar-refractivity contribution in [3.05, 3.63) is 36.3 Å². The monoisotopic (exact) mass is 205 g/mol. The molecule has 2 rings (SSSR count). The Morgan fingerprint density at radius 1 is 1.33 bits per heavy atom. The number of fused-ring (bicyclic) bond motifs is 1. The fraction of sp³-hybridized carbons (Fsp3) is 0.182. The number of benzene rings is 1. The van der Waals surface area contributed by atoms with Crippen LogP contribution >= 0.6 is 0 Å². The minimum atomic E-state index is -0.258. The van der Waals surface area contributed by atoms with Gasteiger partial charge in [0.2, 0.25) is 0 Å². The van der Waals surface area contributed by atoms with E-state index in [0.717, 1.165) is 10.8 Å². The number of nitrogens with two attached hydrogens (primary N) is 1. The van der Waals surface area contributed by atoms with E-state index in [1.54, 1.807) is 12.3 Å². The van der Waals surface area contributed by atoms with Crippen molar-refractivity contribution < 1.29 is 4.39 Å². The predicted molar refractivity (Wildman–Crippen MR) is 59.2 cm³/mol. The number of hydrogen-bond donors (Lipinski definition) is 2. The molecule has 0 saturated carbocycles. The lowest BCUT2D eigenvalue weighted by atomic mass is 10.1. The van der Waals surface area contributed by atoms with Gasteiger partial charge in [-0.1, -0.05) is 6.07 Å². The normalized spacial score (nSPS) is 10.5. The molecule has 0 saturated heterocycles. The molecule has 2 aromatic rings. The van der Waals surface area contributed by atoms with Crippen molar-refractivity contribution >= 4 is 16.6 Å². The molecule has 1 aromatic heterocycles. The molecule has 0 atom stereocenters. The van der Waals surface area contributed by atoms with E-state index < -0.39 is 0 Å². The first-order valence-electron chi connectivity index (χ1n) is 4.79. The van der Waals surface area contributed by atoms with Crippen molar-refractivity contribution in [2.24, 2.45) is 5.73 Å². The third kappa shape index (κ3) is 2.05. The molecule has 0 amide bonds. The second-order valence-corrected chi connectivity index (χ2v) is 3.24. The molecule has 4 heteroatoms. The Morgan fingerprint density at radius 2 is 2.20 bits per heavy atom. The number of aromatic nitrogens is 1. The number of anilines is 1. The molecule has 1 heterocycles. The van der Waals surface area contributed by atoms with Crippen molar-refractivity contribution in [3.63, 3.8) is 0 Å². The van der Waals surface area contributed by atoms with Crippen LogP contribution in [0.5, 0.6) is 0 Å². The Bertz CT molecular complexity index is 470. The van der Waals surface area contributed by atoms with Gasteiger partial charge >= 0.3 is 0 Å². The zero-order valence-corrected chi connectivity index (χ0v) is 8.20. The summed E-state index contributed by atoms with van der Waals surface area (Å²) in [6.45, 7) is 1.15. The highest BCUT2D eigenvalue weighted by atomic mass is 19.1. The van der Waals surface area contributed by atoms with Gasteiger partial charge < -0.3 is 11.1 Å². The zero-order chi connectivity index (χ0) is 10.7. The van der Waals surface area contributed by atoms with Crippen LogP contribution in [-0.2, 0) is 0 Å². The molecular formula is C11H12FN3. The van der Waals surface area contributed by atoms with Gasteiger partial charge in [-0.2, -0.15) is 0 Å². The van der Waals surface area contributed by atoms with Crippen LogP contribution in [-0.4, -0.2) is 18.1 Å². The third-order valence-electron chi connectivity index (χ3n) is 2.16. The van der Waals surface area contributed by atoms with Crippen LogP contribution in [0.15, 0.2) is 30.5 Å². The average molecular weight is 205 g/mol. The summed E-state index contributed by atoms with van der Waals surface area (Å²) < 4.78 is 13.1. The fourth-order valence-electron chi connectivity index (χ4n) is 1.47. The Labute approximate surface area is 87.1 Å². The largest absolute Gasteiger partial charge is 0.368 e. The van der Waals surface area contributed by atoms with E-state index in [1.807, 2.05) is 6.07 Å². The summed E-state index contributed by atoms with van der Waals surface area (Å²) >= 11 is 0. The Morgan fingerprint density at radius 3 is 3.00 bits per heavy atom. The summed E-state index contributed by atoms with van der Waals surface area (Å²) in [4.78, 5) is 4.15. The molecule has 3 N–H and O–H groups in total. The van der Waals surface area contributed by atoms with E-state index in [1.165, 1.54) is 12.1 Å². The Kier molecular flexibility index (Phi) is 2.78. The van der Waals surface area contributed by atoms with Crippen LogP contribution in [0.25, 0.3) is 10.8 Å². The predicted octanol–water partition coefficient (Wildman–Crippen LogP) is 1.74. The van der Waals surface area contributed by atoms with E-state index in [0.29, 0.717) is 18.9 Å². The lowest BCUT2D eigenvalue weighted by molar-refractivity contribution is 0.629. The van der Waals surface area contributed by atoms with Crippen LogP contribution in [0.2, 0.25) is 0 Å². The van der Waals surface area contributed by atoms with E-state index >= 15 is 0 Å². The number of hydrogen-bond acceptors (Lipinski definition) is 3. The van der Waals surface area contributed by atoms with Gasteiger partial charge in [0.1, 0.15) is 11.6 Å². The summed E-state index contributed by atoms with van der Waals surface area (Å²) in [5, 5.41) is 4.81. The van der Waals surface area contributed by atoms with E-state index in [4.69, 9.17) is 5.73 Å². The highest BCUT2D eigenvalue weighted by Crippen LogP contribution is 2.21. The number of pyridine rings is 1. The third-order valence-corrected chi connectivity index (χ3v) is 2.16. The maximum absolute atomic E-state index is 13.1. The van der Waals surface area contributed by atoms with Crippen LogP contribution in [0.3, 0.4) is 0 Å². The lowest BCUT2D eigenvalue weighted by Gasteiger charge is -2.07. The SMILES string of the molecule is NCCNc1nccc2ccc(F)cc12. The quantitative estimate of drug-likeness (QED) is 0.802. The van der Waals surface area contributed by atoms with Gasteiger partial charge in [-0.05, 0) is 23.6 Å². The lowest BCUT2D eigenvalue weighted by Crippen LogP contribution is -2.14. The standard InChI is InChI=1S/C11H12FN3/c12-9-2-1-8-3-5-14-11(10(8)7-9)15-6-4-13/h1-3,5,7H,4,6,13H2,(H,14,15). The fourth-order valence-corrected chi connectivity index (χ4v) is 1.47. The smallest absolute Gasteiger partial charge is 0.133 e. The number of halogens is 1. The summed E-state index contributed by atoms with van der Waals surface area (Å²) in [6, 6.07) is 6.50. The van der Waals surface area contributed by atoms with E-state index in [9.17, 15) is 4.39 Å². The van der Waals surface area contributed by atoms with Gasteiger partial charge in [-0.25, -0.2) is 9.37 Å². The molecule has 78 valence electrons. The molecule has 15 heavy (non-hydrogen) atoms. The minimum absolute atomic E-state index is 0.258. The second kappa shape index (κ2) is 4.23. The molecule has 0 aliphatic heterocycles. The highest BCUT2D eigenvalue weighted by molar-refractivity contribution is 5.91. The number of nitrogens with zero attached hydrogens (tertiary/aromatic N) is 1. The van der Waals surface area contributed by atoms with Gasteiger partial charge in [-0.3, -0.25) is 0 Å². The zero-order valence-electron chi connectivity index (χ0n) is 8.20. The van der Waals surface area contributed by atoms with Crippen molar-refractivity contribution in [1.82, 2.24) is 4.98 Å². The first kappa shape index (κ1) is 9.86. The number of nitrogens with one attached hydrogen (secondary N) is 1. The van der Waals surface area contributed by atoms with Crippen molar-refractivity contribution in [2.45, 2.75) is 0 Å². The molecule has 1 aromatic carbocycles. The van der Waals surface area contributed by atoms with Gasteiger partial charge in [0.15, 0.2) is 0 Å². The molecular weight excluding hydrogens is 193 g/mol. The molecule has 0 radical (unpaired) electrons. The summed E-state index contributed by atoms with van der Waals surface area (Å²) in [7, 11) is 0. The van der Waals surface area contributed by atoms with Crippen LogP contribution in [0, 0.1) is 5.82 Å². The molecule has 0 fully saturated rings. The van der Waals surface area contributed by atoms with Gasteiger partial charge in [0, 0.05) is 24.7 Å². The molecule has 0 spiro atoms. The topological polar surface area (TPSA) is 50.9 Å². The van der Waals surface area contributed by atoms with Crippen LogP contribution in [0.1, 0.15) is 0 Å². The van der Waals surface area contributed by atoms with E-state index in [2.05, 4.69) is 10.3 Å². The van der Waals surface area contributed by atoms with Gasteiger partial charge in [-0.15, -0.1) is 0 Å². The summed E-state index contributed by atoms with van der Waals surface area (Å²) in [5.41, 5.74) is 5.39. The molecule has 0 aliphatic carbocycles. The van der Waals surface area contributed by atoms with E-state index in [-0.39, 0.29) is 5.82 Å². The van der Waals surface area contributed by atoms with Crippen molar-refractivity contribution in [2.75, 3.05) is 18.4 Å². The molecule has 0 unspecified atom stereocenters. The van der Waals surface area contributed by atoms with Crippen LogP contribution in [0.4, 0.5) is 10.2 Å². The van der Waals surface area contributed by atoms with Crippen LogP contribution < -0.4 is 11.1 Å². The molecule has 0 bridgehead atoms. The number of rotatable bonds is 3. The second-order valence-electron chi connectivity index (χ2n) is 3.24. The van der Waals surface area contributed by atoms with Crippen molar-refractivity contribution in [1.29, 1.82) is 0 Å². The summed E-state index contributed by atoms with van der Waals surface area (Å²) in [5.74, 6) is 0.420. The maximum atomic E-state index is 13.1. The van der Waals surface area contributed by atoms with Crippen molar-refractivity contribution in [3.8, 4) is 0 Å². The Balaban J connectivity index is 2.48. The summed E-state index contributed by atoms with van der Waals surface area (Å²) in [6.07, 6.45) is 1.69. The maximum Gasteiger partial charge on any atom is 0.133 e. The molecule has 3 nitrogen and oxygen atoms in total. The minimum Gasteiger partial charge on any atom is -0.368 e. The Hall–Kier alpha value is -1.68. The molecule has 0 aliphatic rings. The first-order chi connectivity index (χ1) is 7.31. The highest BCUT2D eigenvalue weighted by Gasteiger charge is 2.02. The average Bonchev–Trinajstić information content (AvgIpc) is 2.26. The van der Waals surface area contributed by atoms with Gasteiger partial charge in [0.25, 0.3) is 0 Å². The first-order valence-corrected chi connectivity index (χ1v) is 4.79. The van der Waals surface area contributed by atoms with Gasteiger partial charge in [0.05, 0.1) is 0 Å².